The minimum atomic E-state index is 0.324. The molecule has 1 nitrogen and oxygen atoms in total. The Hall–Kier alpha value is -0.770. The SMILES string of the molecule is C[C@@H]1[C@@H]2C=C[C@H]1C(C#N)C2. The molecule has 0 radical (unpaired) electrons. The molecule has 2 aliphatic carbocycles. The van der Waals surface area contributed by atoms with E-state index in [1.807, 2.05) is 0 Å². The van der Waals surface area contributed by atoms with Gasteiger partial charge in [-0.1, -0.05) is 19.1 Å². The molecule has 1 heteroatoms. The average Bonchev–Trinajstić information content (AvgIpc) is 2.46. The van der Waals surface area contributed by atoms with E-state index >= 15 is 0 Å². The summed E-state index contributed by atoms with van der Waals surface area (Å²) in [5.41, 5.74) is 0. The molecule has 0 aromatic heterocycles. The molecule has 1 saturated carbocycles. The lowest BCUT2D eigenvalue weighted by molar-refractivity contribution is 0.455. The van der Waals surface area contributed by atoms with Gasteiger partial charge in [-0.05, 0) is 24.2 Å². The summed E-state index contributed by atoms with van der Waals surface area (Å²) in [6, 6.07) is 2.37. The van der Waals surface area contributed by atoms with Gasteiger partial charge in [-0.3, -0.25) is 0 Å². The summed E-state index contributed by atoms with van der Waals surface area (Å²) < 4.78 is 0. The van der Waals surface area contributed by atoms with Crippen molar-refractivity contribution in [3.63, 3.8) is 0 Å². The summed E-state index contributed by atoms with van der Waals surface area (Å²) in [4.78, 5) is 0. The number of allylic oxidation sites excluding steroid dienone is 2. The van der Waals surface area contributed by atoms with Crippen LogP contribution in [0.1, 0.15) is 13.3 Å². The average molecular weight is 133 g/mol. The van der Waals surface area contributed by atoms with E-state index in [0.717, 1.165) is 18.3 Å². The van der Waals surface area contributed by atoms with Gasteiger partial charge in [0.1, 0.15) is 0 Å². The molecule has 4 atom stereocenters. The molecular weight excluding hydrogens is 122 g/mol. The van der Waals surface area contributed by atoms with Crippen molar-refractivity contribution in [1.82, 2.24) is 0 Å². The third-order valence-corrected chi connectivity index (χ3v) is 3.02. The van der Waals surface area contributed by atoms with Crippen molar-refractivity contribution >= 4 is 0 Å². The number of nitriles is 1. The van der Waals surface area contributed by atoms with Crippen molar-refractivity contribution in [2.45, 2.75) is 13.3 Å². The Labute approximate surface area is 61.4 Å². The lowest BCUT2D eigenvalue weighted by Crippen LogP contribution is -2.06. The van der Waals surface area contributed by atoms with Gasteiger partial charge in [-0.2, -0.15) is 5.26 Å². The monoisotopic (exact) mass is 133 g/mol. The first-order valence-corrected chi connectivity index (χ1v) is 3.91. The molecular formula is C9H11N. The molecule has 1 fully saturated rings. The zero-order valence-electron chi connectivity index (χ0n) is 6.12. The molecule has 2 aliphatic rings. The highest BCUT2D eigenvalue weighted by Crippen LogP contribution is 2.47. The molecule has 0 aromatic rings. The molecule has 0 aromatic carbocycles. The van der Waals surface area contributed by atoms with Crippen molar-refractivity contribution in [1.29, 1.82) is 5.26 Å². The lowest BCUT2D eigenvalue weighted by Gasteiger charge is -2.09. The summed E-state index contributed by atoms with van der Waals surface area (Å²) in [5, 5.41) is 8.72. The van der Waals surface area contributed by atoms with E-state index in [4.69, 9.17) is 5.26 Å². The fourth-order valence-electron chi connectivity index (χ4n) is 2.29. The van der Waals surface area contributed by atoms with Crippen molar-refractivity contribution in [3.8, 4) is 6.07 Å². The molecule has 1 unspecified atom stereocenters. The maximum Gasteiger partial charge on any atom is 0.0662 e. The molecule has 0 aliphatic heterocycles. The van der Waals surface area contributed by atoms with Crippen LogP contribution in [0.2, 0.25) is 0 Å². The van der Waals surface area contributed by atoms with Crippen LogP contribution in [-0.2, 0) is 0 Å². The van der Waals surface area contributed by atoms with Gasteiger partial charge in [0.25, 0.3) is 0 Å². The van der Waals surface area contributed by atoms with Crippen LogP contribution >= 0.6 is 0 Å². The Bertz CT molecular complexity index is 211. The first-order chi connectivity index (χ1) is 4.83. The highest BCUT2D eigenvalue weighted by molar-refractivity contribution is 5.17. The van der Waals surface area contributed by atoms with Gasteiger partial charge < -0.3 is 0 Å². The van der Waals surface area contributed by atoms with E-state index in [1.165, 1.54) is 0 Å². The molecule has 52 valence electrons. The van der Waals surface area contributed by atoms with E-state index in [1.54, 1.807) is 0 Å². The second kappa shape index (κ2) is 1.85. The summed E-state index contributed by atoms with van der Waals surface area (Å²) in [6.45, 7) is 2.26. The van der Waals surface area contributed by atoms with E-state index in [2.05, 4.69) is 25.1 Å². The van der Waals surface area contributed by atoms with Crippen molar-refractivity contribution in [3.05, 3.63) is 12.2 Å². The van der Waals surface area contributed by atoms with Gasteiger partial charge in [-0.15, -0.1) is 0 Å². The number of hydrogen-bond acceptors (Lipinski definition) is 1. The van der Waals surface area contributed by atoms with E-state index < -0.39 is 0 Å². The van der Waals surface area contributed by atoms with Crippen LogP contribution in [0.15, 0.2) is 12.2 Å². The highest BCUT2D eigenvalue weighted by Gasteiger charge is 2.41. The number of nitrogens with zero attached hydrogens (tertiary/aromatic N) is 1. The smallest absolute Gasteiger partial charge is 0.0662 e. The molecule has 2 rings (SSSR count). The third-order valence-electron chi connectivity index (χ3n) is 3.02. The van der Waals surface area contributed by atoms with Crippen LogP contribution < -0.4 is 0 Å². The van der Waals surface area contributed by atoms with Gasteiger partial charge >= 0.3 is 0 Å². The summed E-state index contributed by atoms with van der Waals surface area (Å²) in [7, 11) is 0. The predicted octanol–water partition coefficient (Wildman–Crippen LogP) is 1.97. The van der Waals surface area contributed by atoms with Gasteiger partial charge in [0.15, 0.2) is 0 Å². The molecule has 0 N–H and O–H groups in total. The Morgan fingerprint density at radius 1 is 1.50 bits per heavy atom. The fourth-order valence-corrected chi connectivity index (χ4v) is 2.29. The van der Waals surface area contributed by atoms with Gasteiger partial charge in [0.05, 0.1) is 12.0 Å². The highest BCUT2D eigenvalue weighted by atomic mass is 14.5. The quantitative estimate of drug-likeness (QED) is 0.463. The Morgan fingerprint density at radius 2 is 2.30 bits per heavy atom. The predicted molar refractivity (Wildman–Crippen MR) is 39.0 cm³/mol. The van der Waals surface area contributed by atoms with E-state index in [9.17, 15) is 0 Å². The van der Waals surface area contributed by atoms with Gasteiger partial charge in [-0.25, -0.2) is 0 Å². The molecule has 0 spiro atoms. The zero-order valence-corrected chi connectivity index (χ0v) is 6.12. The molecule has 0 saturated heterocycles. The third kappa shape index (κ3) is 0.568. The molecule has 0 amide bonds. The summed E-state index contributed by atoms with van der Waals surface area (Å²) in [5.74, 6) is 2.36. The second-order valence-electron chi connectivity index (χ2n) is 3.46. The molecule has 2 bridgehead atoms. The van der Waals surface area contributed by atoms with Crippen LogP contribution in [0.5, 0.6) is 0 Å². The molecule has 0 heterocycles. The van der Waals surface area contributed by atoms with Gasteiger partial charge in [0, 0.05) is 0 Å². The van der Waals surface area contributed by atoms with Crippen LogP contribution in [0.4, 0.5) is 0 Å². The van der Waals surface area contributed by atoms with E-state index in [0.29, 0.717) is 11.8 Å². The largest absolute Gasteiger partial charge is 0.198 e. The Balaban J connectivity index is 2.25. The van der Waals surface area contributed by atoms with E-state index in [-0.39, 0.29) is 0 Å². The maximum absolute atomic E-state index is 8.72. The molecule has 10 heavy (non-hydrogen) atoms. The minimum absolute atomic E-state index is 0.324. The Kier molecular flexibility index (Phi) is 1.11. The maximum atomic E-state index is 8.72. The van der Waals surface area contributed by atoms with Crippen molar-refractivity contribution in [2.75, 3.05) is 0 Å². The first-order valence-electron chi connectivity index (χ1n) is 3.91. The van der Waals surface area contributed by atoms with Crippen LogP contribution in [0.25, 0.3) is 0 Å². The standard InChI is InChI=1S/C9H11N/c1-6-7-2-3-9(6)8(4-7)5-10/h2-3,6-9H,4H2,1H3/t6-,7-,8?,9-/m1/s1. The number of fused-ring (bicyclic) bond motifs is 2. The first kappa shape index (κ1) is 5.97. The number of hydrogen-bond donors (Lipinski definition) is 0. The van der Waals surface area contributed by atoms with Crippen molar-refractivity contribution < 1.29 is 0 Å². The van der Waals surface area contributed by atoms with Crippen LogP contribution in [0, 0.1) is 35.0 Å². The normalized spacial score (nSPS) is 49.6. The van der Waals surface area contributed by atoms with Crippen LogP contribution in [0.3, 0.4) is 0 Å². The lowest BCUT2D eigenvalue weighted by atomic mass is 9.93. The van der Waals surface area contributed by atoms with Gasteiger partial charge in [0.2, 0.25) is 0 Å². The summed E-state index contributed by atoms with van der Waals surface area (Å²) in [6.07, 6.45) is 5.62. The second-order valence-corrected chi connectivity index (χ2v) is 3.46. The van der Waals surface area contributed by atoms with Crippen LogP contribution in [-0.4, -0.2) is 0 Å². The minimum Gasteiger partial charge on any atom is -0.198 e. The van der Waals surface area contributed by atoms with Crippen molar-refractivity contribution in [2.24, 2.45) is 23.7 Å². The zero-order chi connectivity index (χ0) is 7.14. The number of rotatable bonds is 0. The topological polar surface area (TPSA) is 23.8 Å². The summed E-state index contributed by atoms with van der Waals surface area (Å²) >= 11 is 0. The Morgan fingerprint density at radius 3 is 2.60 bits per heavy atom. The fraction of sp³-hybridized carbons (Fsp3) is 0.667.